The average Bonchev–Trinajstić information content (AvgIpc) is 2.64. The van der Waals surface area contributed by atoms with Gasteiger partial charge in [-0.3, -0.25) is 14.2 Å². The summed E-state index contributed by atoms with van der Waals surface area (Å²) in [5, 5.41) is 2.31. The van der Waals surface area contributed by atoms with E-state index in [1.54, 1.807) is 0 Å². The SMILES string of the molecule is Cc1ccc(-c2cc(=O)n(CC(=O)Nc3ccccc3OC(F)(F)F)cn2)cc1. The van der Waals surface area contributed by atoms with Crippen molar-refractivity contribution in [2.75, 3.05) is 5.32 Å². The van der Waals surface area contributed by atoms with Crippen molar-refractivity contribution >= 4 is 11.6 Å². The van der Waals surface area contributed by atoms with Crippen LogP contribution >= 0.6 is 0 Å². The van der Waals surface area contributed by atoms with Gasteiger partial charge in [0, 0.05) is 11.6 Å². The summed E-state index contributed by atoms with van der Waals surface area (Å²) in [6.07, 6.45) is -3.68. The summed E-state index contributed by atoms with van der Waals surface area (Å²) in [6.45, 7) is 1.52. The predicted molar refractivity (Wildman–Crippen MR) is 100 cm³/mol. The van der Waals surface area contributed by atoms with E-state index < -0.39 is 30.1 Å². The molecule has 0 radical (unpaired) electrons. The number of hydrogen-bond acceptors (Lipinski definition) is 4. The Hall–Kier alpha value is -3.62. The van der Waals surface area contributed by atoms with Crippen LogP contribution in [0.2, 0.25) is 0 Å². The van der Waals surface area contributed by atoms with Gasteiger partial charge in [0.05, 0.1) is 17.7 Å². The first-order valence-corrected chi connectivity index (χ1v) is 8.49. The zero-order valence-corrected chi connectivity index (χ0v) is 15.2. The molecule has 0 aliphatic rings. The van der Waals surface area contributed by atoms with Crippen molar-refractivity contribution in [2.24, 2.45) is 0 Å². The highest BCUT2D eigenvalue weighted by Crippen LogP contribution is 2.29. The van der Waals surface area contributed by atoms with Crippen LogP contribution in [0.25, 0.3) is 11.3 Å². The number of aryl methyl sites for hydroxylation is 1. The summed E-state index contributed by atoms with van der Waals surface area (Å²) in [5.74, 6) is -1.25. The van der Waals surface area contributed by atoms with Gasteiger partial charge >= 0.3 is 6.36 Å². The molecule has 9 heteroatoms. The quantitative estimate of drug-likeness (QED) is 0.704. The molecule has 0 bridgehead atoms. The number of nitrogens with one attached hydrogen (secondary N) is 1. The molecule has 150 valence electrons. The number of carbonyl (C=O) groups is 1. The summed E-state index contributed by atoms with van der Waals surface area (Å²) in [4.78, 5) is 28.7. The lowest BCUT2D eigenvalue weighted by molar-refractivity contribution is -0.274. The summed E-state index contributed by atoms with van der Waals surface area (Å²) in [7, 11) is 0. The summed E-state index contributed by atoms with van der Waals surface area (Å²) in [5.41, 5.74) is 1.64. The van der Waals surface area contributed by atoms with Crippen LogP contribution in [0.3, 0.4) is 0 Å². The molecule has 1 amide bonds. The molecular weight excluding hydrogens is 387 g/mol. The maximum atomic E-state index is 12.5. The number of nitrogens with zero attached hydrogens (tertiary/aromatic N) is 2. The van der Waals surface area contributed by atoms with Crippen molar-refractivity contribution in [1.82, 2.24) is 9.55 Å². The number of amides is 1. The lowest BCUT2D eigenvalue weighted by Gasteiger charge is -2.14. The van der Waals surface area contributed by atoms with E-state index in [4.69, 9.17) is 0 Å². The third-order valence-electron chi connectivity index (χ3n) is 3.93. The molecule has 3 aromatic rings. The van der Waals surface area contributed by atoms with Gasteiger partial charge in [-0.05, 0) is 19.1 Å². The van der Waals surface area contributed by atoms with Crippen molar-refractivity contribution in [2.45, 2.75) is 19.8 Å². The van der Waals surface area contributed by atoms with Crippen molar-refractivity contribution in [3.8, 4) is 17.0 Å². The zero-order valence-electron chi connectivity index (χ0n) is 15.2. The fraction of sp³-hybridized carbons (Fsp3) is 0.150. The van der Waals surface area contributed by atoms with E-state index in [1.807, 2.05) is 31.2 Å². The van der Waals surface area contributed by atoms with Gasteiger partial charge in [-0.1, -0.05) is 42.0 Å². The maximum absolute atomic E-state index is 12.5. The highest BCUT2D eigenvalue weighted by molar-refractivity contribution is 5.92. The monoisotopic (exact) mass is 403 g/mol. The highest BCUT2D eigenvalue weighted by atomic mass is 19.4. The van der Waals surface area contributed by atoms with Gasteiger partial charge in [0.1, 0.15) is 6.54 Å². The first-order valence-electron chi connectivity index (χ1n) is 8.49. The number of rotatable bonds is 5. The summed E-state index contributed by atoms with van der Waals surface area (Å²) < 4.78 is 42.4. The van der Waals surface area contributed by atoms with Crippen molar-refractivity contribution in [3.63, 3.8) is 0 Å². The number of para-hydroxylation sites is 2. The van der Waals surface area contributed by atoms with Gasteiger partial charge in [-0.15, -0.1) is 13.2 Å². The number of alkyl halides is 3. The molecule has 0 aliphatic carbocycles. The number of carbonyl (C=O) groups excluding carboxylic acids is 1. The van der Waals surface area contributed by atoms with Crippen molar-refractivity contribution in [3.05, 3.63) is 76.8 Å². The Kier molecular flexibility index (Phi) is 5.67. The second-order valence-electron chi connectivity index (χ2n) is 6.20. The first-order chi connectivity index (χ1) is 13.7. The van der Waals surface area contributed by atoms with Gasteiger partial charge in [0.25, 0.3) is 5.56 Å². The minimum Gasteiger partial charge on any atom is -0.404 e. The average molecular weight is 403 g/mol. The van der Waals surface area contributed by atoms with Crippen LogP contribution in [0, 0.1) is 6.92 Å². The molecule has 0 spiro atoms. The minimum atomic E-state index is -4.90. The van der Waals surface area contributed by atoms with E-state index >= 15 is 0 Å². The number of halogens is 3. The fourth-order valence-electron chi connectivity index (χ4n) is 2.55. The van der Waals surface area contributed by atoms with E-state index in [2.05, 4.69) is 15.0 Å². The molecule has 29 heavy (non-hydrogen) atoms. The molecule has 0 saturated carbocycles. The Morgan fingerprint density at radius 3 is 2.48 bits per heavy atom. The maximum Gasteiger partial charge on any atom is 0.573 e. The molecule has 0 aliphatic heterocycles. The molecule has 1 aromatic heterocycles. The highest BCUT2D eigenvalue weighted by Gasteiger charge is 2.32. The molecule has 0 unspecified atom stereocenters. The molecule has 6 nitrogen and oxygen atoms in total. The fourth-order valence-corrected chi connectivity index (χ4v) is 2.55. The van der Waals surface area contributed by atoms with Crippen LogP contribution in [0.5, 0.6) is 5.75 Å². The Morgan fingerprint density at radius 2 is 1.83 bits per heavy atom. The third-order valence-corrected chi connectivity index (χ3v) is 3.93. The van der Waals surface area contributed by atoms with Gasteiger partial charge in [0.15, 0.2) is 5.75 Å². The van der Waals surface area contributed by atoms with E-state index in [0.717, 1.165) is 21.8 Å². The number of anilines is 1. The van der Waals surface area contributed by atoms with Crippen LogP contribution in [0.1, 0.15) is 5.56 Å². The minimum absolute atomic E-state index is 0.160. The predicted octanol–water partition coefficient (Wildman–Crippen LogP) is 3.76. The van der Waals surface area contributed by atoms with Crippen molar-refractivity contribution in [1.29, 1.82) is 0 Å². The first kappa shape index (κ1) is 20.1. The standard InChI is InChI=1S/C20H16F3N3O3/c1-13-6-8-14(9-7-13)16-10-19(28)26(12-24-16)11-18(27)25-15-4-2-3-5-17(15)29-20(21,22)23/h2-10,12H,11H2,1H3,(H,25,27). The van der Waals surface area contributed by atoms with Crippen LogP contribution in [0.4, 0.5) is 18.9 Å². The van der Waals surface area contributed by atoms with E-state index in [1.165, 1.54) is 30.6 Å². The lowest BCUT2D eigenvalue weighted by Crippen LogP contribution is -2.28. The number of hydrogen-bond donors (Lipinski definition) is 1. The Morgan fingerprint density at radius 1 is 1.14 bits per heavy atom. The lowest BCUT2D eigenvalue weighted by atomic mass is 10.1. The van der Waals surface area contributed by atoms with Gasteiger partial charge in [-0.2, -0.15) is 0 Å². The zero-order chi connectivity index (χ0) is 21.0. The number of ether oxygens (including phenoxy) is 1. The van der Waals surface area contributed by atoms with Gasteiger partial charge < -0.3 is 10.1 Å². The Balaban J connectivity index is 1.73. The van der Waals surface area contributed by atoms with Crippen LogP contribution in [0.15, 0.2) is 65.7 Å². The van der Waals surface area contributed by atoms with Crippen LogP contribution in [-0.4, -0.2) is 21.8 Å². The third kappa shape index (κ3) is 5.44. The summed E-state index contributed by atoms with van der Waals surface area (Å²) >= 11 is 0. The van der Waals surface area contributed by atoms with E-state index in [-0.39, 0.29) is 5.69 Å². The molecule has 0 saturated heterocycles. The largest absolute Gasteiger partial charge is 0.573 e. The van der Waals surface area contributed by atoms with E-state index in [0.29, 0.717) is 5.69 Å². The molecular formula is C20H16F3N3O3. The Labute approximate surface area is 163 Å². The smallest absolute Gasteiger partial charge is 0.404 e. The van der Waals surface area contributed by atoms with Crippen LogP contribution in [-0.2, 0) is 11.3 Å². The molecule has 0 atom stereocenters. The molecule has 2 aromatic carbocycles. The van der Waals surface area contributed by atoms with Crippen LogP contribution < -0.4 is 15.6 Å². The second kappa shape index (κ2) is 8.17. The molecule has 0 fully saturated rings. The summed E-state index contributed by atoms with van der Waals surface area (Å²) in [6, 6.07) is 13.8. The van der Waals surface area contributed by atoms with E-state index in [9.17, 15) is 22.8 Å². The molecule has 3 rings (SSSR count). The van der Waals surface area contributed by atoms with Gasteiger partial charge in [-0.25, -0.2) is 4.98 Å². The topological polar surface area (TPSA) is 73.2 Å². The number of benzene rings is 2. The van der Waals surface area contributed by atoms with Gasteiger partial charge in [0.2, 0.25) is 5.91 Å². The Bertz CT molecular complexity index is 1080. The second-order valence-corrected chi connectivity index (χ2v) is 6.20. The molecule has 1 N–H and O–H groups in total. The van der Waals surface area contributed by atoms with Crippen molar-refractivity contribution < 1.29 is 22.7 Å². The normalized spacial score (nSPS) is 11.2. The molecule has 1 heterocycles. The number of aromatic nitrogens is 2.